The highest BCUT2D eigenvalue weighted by atomic mass is 35.5. The van der Waals surface area contributed by atoms with E-state index in [-0.39, 0.29) is 23.4 Å². The second kappa shape index (κ2) is 9.05. The number of nitrogens with one attached hydrogen (secondary N) is 2. The number of thiazole rings is 1. The van der Waals surface area contributed by atoms with Crippen LogP contribution >= 0.6 is 22.9 Å². The number of aromatic nitrogens is 1. The molecule has 1 fully saturated rings. The largest absolute Gasteiger partial charge is 0.349 e. The van der Waals surface area contributed by atoms with Crippen LogP contribution in [-0.2, 0) is 0 Å². The number of nitrogens with zero attached hydrogens (tertiary/aromatic N) is 1. The number of hydrogen-bond acceptors (Lipinski definition) is 4. The summed E-state index contributed by atoms with van der Waals surface area (Å²) in [6.45, 7) is 4.01. The molecule has 1 saturated carbocycles. The summed E-state index contributed by atoms with van der Waals surface area (Å²) in [6.07, 6.45) is 5.35. The molecule has 1 aromatic heterocycles. The predicted octanol–water partition coefficient (Wildman–Crippen LogP) is 4.75. The van der Waals surface area contributed by atoms with Gasteiger partial charge in [0.2, 0.25) is 0 Å². The van der Waals surface area contributed by atoms with Gasteiger partial charge in [0.25, 0.3) is 11.8 Å². The average Bonchev–Trinajstić information content (AvgIpc) is 3.09. The highest BCUT2D eigenvalue weighted by Gasteiger charge is 2.38. The normalized spacial score (nSPS) is 21.9. The Morgan fingerprint density at radius 2 is 2.18 bits per heavy atom. The van der Waals surface area contributed by atoms with Crippen molar-refractivity contribution in [1.29, 1.82) is 0 Å². The fourth-order valence-electron chi connectivity index (χ4n) is 4.02. The van der Waals surface area contributed by atoms with E-state index in [2.05, 4.69) is 22.5 Å². The third-order valence-corrected chi connectivity index (χ3v) is 6.38. The molecule has 2 atom stereocenters. The van der Waals surface area contributed by atoms with Gasteiger partial charge >= 0.3 is 0 Å². The molecule has 2 N–H and O–H groups in total. The molecule has 1 aliphatic rings. The minimum absolute atomic E-state index is 0.0186. The summed E-state index contributed by atoms with van der Waals surface area (Å²) in [7, 11) is 0. The number of amides is 2. The van der Waals surface area contributed by atoms with Crippen LogP contribution in [0.2, 0.25) is 5.02 Å². The number of hydrogen-bond donors (Lipinski definition) is 2. The highest BCUT2D eigenvalue weighted by molar-refractivity contribution is 7.11. The summed E-state index contributed by atoms with van der Waals surface area (Å²) >= 11 is 7.37. The average molecular weight is 420 g/mol. The first kappa shape index (κ1) is 20.8. The van der Waals surface area contributed by atoms with Gasteiger partial charge in [0.05, 0.1) is 0 Å². The standard InChI is InChI=1S/C21H26ClN3O2S/c1-3-9-21(25-19(27)20-23-14(2)13-28-20)10-5-8-17(12-21)24-18(26)15-6-4-7-16(22)11-15/h4,6-7,11,13,17H,3,5,8-10,12H2,1-2H3,(H,24,26)(H,25,27). The SMILES string of the molecule is CCCC1(NC(=O)c2nc(C)cs2)CCCC(NC(=O)c2cccc(Cl)c2)C1. The molecule has 5 nitrogen and oxygen atoms in total. The maximum absolute atomic E-state index is 12.7. The van der Waals surface area contributed by atoms with Crippen molar-refractivity contribution in [2.75, 3.05) is 0 Å². The van der Waals surface area contributed by atoms with Gasteiger partial charge < -0.3 is 10.6 Å². The van der Waals surface area contributed by atoms with E-state index in [4.69, 9.17) is 11.6 Å². The van der Waals surface area contributed by atoms with Crippen LogP contribution in [0.1, 0.15) is 71.3 Å². The molecule has 150 valence electrons. The molecule has 2 amide bonds. The first-order valence-electron chi connectivity index (χ1n) is 9.72. The van der Waals surface area contributed by atoms with Crippen LogP contribution in [0.5, 0.6) is 0 Å². The number of carbonyl (C=O) groups excluding carboxylic acids is 2. The first-order valence-corrected chi connectivity index (χ1v) is 11.0. The number of benzene rings is 1. The lowest BCUT2D eigenvalue weighted by Gasteiger charge is -2.41. The van der Waals surface area contributed by atoms with Crippen LogP contribution < -0.4 is 10.6 Å². The lowest BCUT2D eigenvalue weighted by atomic mass is 9.76. The predicted molar refractivity (Wildman–Crippen MR) is 113 cm³/mol. The molecule has 2 unspecified atom stereocenters. The van der Waals surface area contributed by atoms with Gasteiger partial charge in [-0.15, -0.1) is 11.3 Å². The molecule has 0 aliphatic heterocycles. The van der Waals surface area contributed by atoms with E-state index >= 15 is 0 Å². The Hall–Kier alpha value is -1.92. The fraction of sp³-hybridized carbons (Fsp3) is 0.476. The van der Waals surface area contributed by atoms with Crippen molar-refractivity contribution in [3.8, 4) is 0 Å². The van der Waals surface area contributed by atoms with Crippen molar-refractivity contribution < 1.29 is 9.59 Å². The zero-order valence-electron chi connectivity index (χ0n) is 16.3. The number of aryl methyl sites for hydroxylation is 1. The lowest BCUT2D eigenvalue weighted by molar-refractivity contribution is 0.0818. The number of carbonyl (C=O) groups is 2. The summed E-state index contributed by atoms with van der Waals surface area (Å²) in [4.78, 5) is 29.7. The van der Waals surface area contributed by atoms with Gasteiger partial charge in [0.15, 0.2) is 5.01 Å². The monoisotopic (exact) mass is 419 g/mol. The van der Waals surface area contributed by atoms with Crippen LogP contribution in [0, 0.1) is 6.92 Å². The Bertz CT molecular complexity index is 850. The molecule has 1 heterocycles. The highest BCUT2D eigenvalue weighted by Crippen LogP contribution is 2.33. The Morgan fingerprint density at radius 1 is 1.36 bits per heavy atom. The van der Waals surface area contributed by atoms with E-state index in [9.17, 15) is 9.59 Å². The summed E-state index contributed by atoms with van der Waals surface area (Å²) in [6, 6.07) is 6.98. The van der Waals surface area contributed by atoms with Crippen molar-refractivity contribution >= 4 is 34.8 Å². The third kappa shape index (κ3) is 5.11. The van der Waals surface area contributed by atoms with Crippen molar-refractivity contribution in [2.24, 2.45) is 0 Å². The first-order chi connectivity index (χ1) is 13.4. The van der Waals surface area contributed by atoms with Gasteiger partial charge in [-0.3, -0.25) is 9.59 Å². The lowest BCUT2D eigenvalue weighted by Crippen LogP contribution is -2.55. The Morgan fingerprint density at radius 3 is 2.86 bits per heavy atom. The molecule has 28 heavy (non-hydrogen) atoms. The van der Waals surface area contributed by atoms with Crippen molar-refractivity contribution in [3.05, 3.63) is 50.9 Å². The molecule has 7 heteroatoms. The molecular formula is C21H26ClN3O2S. The molecular weight excluding hydrogens is 394 g/mol. The Balaban J connectivity index is 1.70. The third-order valence-electron chi connectivity index (χ3n) is 5.19. The fourth-order valence-corrected chi connectivity index (χ4v) is 4.90. The quantitative estimate of drug-likeness (QED) is 0.709. The zero-order chi connectivity index (χ0) is 20.1. The summed E-state index contributed by atoms with van der Waals surface area (Å²) in [5.74, 6) is -0.241. The summed E-state index contributed by atoms with van der Waals surface area (Å²) in [5, 5.41) is 9.31. The Kier molecular flexibility index (Phi) is 6.73. The molecule has 0 saturated heterocycles. The minimum Gasteiger partial charge on any atom is -0.349 e. The molecule has 2 aromatic rings. The molecule has 1 aliphatic carbocycles. The van der Waals surface area contributed by atoms with Crippen LogP contribution in [0.25, 0.3) is 0 Å². The summed E-state index contributed by atoms with van der Waals surface area (Å²) in [5.41, 5.74) is 1.10. The van der Waals surface area contributed by atoms with E-state index in [1.807, 2.05) is 12.3 Å². The van der Waals surface area contributed by atoms with E-state index in [0.29, 0.717) is 15.6 Å². The van der Waals surface area contributed by atoms with Gasteiger partial charge in [0, 0.05) is 33.2 Å². The van der Waals surface area contributed by atoms with Crippen molar-refractivity contribution in [2.45, 2.75) is 64.0 Å². The molecule has 1 aromatic carbocycles. The topological polar surface area (TPSA) is 71.1 Å². The zero-order valence-corrected chi connectivity index (χ0v) is 17.8. The van der Waals surface area contributed by atoms with Crippen LogP contribution in [0.15, 0.2) is 29.6 Å². The van der Waals surface area contributed by atoms with Crippen LogP contribution in [0.3, 0.4) is 0 Å². The number of halogens is 1. The second-order valence-corrected chi connectivity index (χ2v) is 8.85. The van der Waals surface area contributed by atoms with E-state index < -0.39 is 0 Å². The molecule has 0 spiro atoms. The minimum atomic E-state index is -0.310. The molecule has 3 rings (SSSR count). The van der Waals surface area contributed by atoms with Gasteiger partial charge in [-0.25, -0.2) is 4.98 Å². The van der Waals surface area contributed by atoms with Gasteiger partial charge in [0.1, 0.15) is 0 Å². The van der Waals surface area contributed by atoms with E-state index in [1.54, 1.807) is 24.3 Å². The van der Waals surface area contributed by atoms with E-state index in [1.165, 1.54) is 11.3 Å². The van der Waals surface area contributed by atoms with Crippen LogP contribution in [0.4, 0.5) is 0 Å². The van der Waals surface area contributed by atoms with Crippen molar-refractivity contribution in [3.63, 3.8) is 0 Å². The number of rotatable bonds is 6. The second-order valence-electron chi connectivity index (χ2n) is 7.56. The Labute approximate surface area is 174 Å². The van der Waals surface area contributed by atoms with Crippen molar-refractivity contribution in [1.82, 2.24) is 15.6 Å². The molecule has 0 bridgehead atoms. The van der Waals surface area contributed by atoms with Gasteiger partial charge in [-0.2, -0.15) is 0 Å². The smallest absolute Gasteiger partial charge is 0.280 e. The van der Waals surface area contributed by atoms with E-state index in [0.717, 1.165) is 44.2 Å². The summed E-state index contributed by atoms with van der Waals surface area (Å²) < 4.78 is 0. The molecule has 0 radical (unpaired) electrons. The van der Waals surface area contributed by atoms with Gasteiger partial charge in [-0.1, -0.05) is 31.0 Å². The maximum Gasteiger partial charge on any atom is 0.280 e. The maximum atomic E-state index is 12.7. The van der Waals surface area contributed by atoms with Crippen LogP contribution in [-0.4, -0.2) is 28.4 Å². The van der Waals surface area contributed by atoms with Gasteiger partial charge in [-0.05, 0) is 57.2 Å².